The highest BCUT2D eigenvalue weighted by Crippen LogP contribution is 2.26. The molecule has 0 fully saturated rings. The highest BCUT2D eigenvalue weighted by atomic mass is 19.1. The summed E-state index contributed by atoms with van der Waals surface area (Å²) in [5.41, 5.74) is 15.5. The Balaban J connectivity index is 1.70. The van der Waals surface area contributed by atoms with E-state index in [9.17, 15) is 13.6 Å². The SMILES string of the molecule is NCCCC(N)CNC(=O)c1nc2ccc(-c3ccc(F)cc3)cc2n1Cc1ccc(F)cc1. The van der Waals surface area contributed by atoms with Gasteiger partial charge in [-0.2, -0.15) is 0 Å². The molecule has 0 aliphatic carbocycles. The Bertz CT molecular complexity index is 1270. The molecule has 0 bridgehead atoms. The minimum atomic E-state index is -0.343. The van der Waals surface area contributed by atoms with Gasteiger partial charge in [-0.05, 0) is 72.5 Å². The highest BCUT2D eigenvalue weighted by molar-refractivity contribution is 5.95. The number of aromatic nitrogens is 2. The van der Waals surface area contributed by atoms with Gasteiger partial charge in [-0.1, -0.05) is 30.3 Å². The van der Waals surface area contributed by atoms with E-state index in [1.807, 2.05) is 18.2 Å². The van der Waals surface area contributed by atoms with Gasteiger partial charge < -0.3 is 21.4 Å². The molecule has 1 amide bonds. The summed E-state index contributed by atoms with van der Waals surface area (Å²) in [4.78, 5) is 17.6. The molecule has 176 valence electrons. The number of hydrogen-bond donors (Lipinski definition) is 3. The molecule has 3 aromatic carbocycles. The van der Waals surface area contributed by atoms with Crippen LogP contribution in [-0.4, -0.2) is 34.6 Å². The van der Waals surface area contributed by atoms with Crippen LogP contribution < -0.4 is 16.8 Å². The van der Waals surface area contributed by atoms with Crippen molar-refractivity contribution in [3.8, 4) is 11.1 Å². The molecule has 1 atom stereocenters. The molecular weight excluding hydrogens is 436 g/mol. The van der Waals surface area contributed by atoms with Crippen LogP contribution in [-0.2, 0) is 6.54 Å². The summed E-state index contributed by atoms with van der Waals surface area (Å²) < 4.78 is 28.6. The number of carbonyl (C=O) groups is 1. The van der Waals surface area contributed by atoms with E-state index >= 15 is 0 Å². The average Bonchev–Trinajstić information content (AvgIpc) is 3.20. The zero-order chi connectivity index (χ0) is 24.1. The molecule has 6 nitrogen and oxygen atoms in total. The fourth-order valence-corrected chi connectivity index (χ4v) is 3.84. The van der Waals surface area contributed by atoms with Crippen molar-refractivity contribution in [2.24, 2.45) is 11.5 Å². The topological polar surface area (TPSA) is 99.0 Å². The van der Waals surface area contributed by atoms with Crippen molar-refractivity contribution < 1.29 is 13.6 Å². The Morgan fingerprint density at radius 2 is 1.62 bits per heavy atom. The first-order valence-corrected chi connectivity index (χ1v) is 11.2. The lowest BCUT2D eigenvalue weighted by atomic mass is 10.1. The van der Waals surface area contributed by atoms with Gasteiger partial charge in [0.25, 0.3) is 5.91 Å². The number of amides is 1. The van der Waals surface area contributed by atoms with Crippen molar-refractivity contribution in [1.82, 2.24) is 14.9 Å². The van der Waals surface area contributed by atoms with Gasteiger partial charge in [0.2, 0.25) is 0 Å². The van der Waals surface area contributed by atoms with E-state index in [1.54, 1.807) is 28.8 Å². The first-order chi connectivity index (χ1) is 16.4. The maximum atomic E-state index is 13.4. The first kappa shape index (κ1) is 23.5. The molecule has 1 heterocycles. The van der Waals surface area contributed by atoms with Gasteiger partial charge in [0.1, 0.15) is 11.6 Å². The van der Waals surface area contributed by atoms with Crippen LogP contribution in [0.25, 0.3) is 22.2 Å². The number of fused-ring (bicyclic) bond motifs is 1. The van der Waals surface area contributed by atoms with Crippen LogP contribution >= 0.6 is 0 Å². The van der Waals surface area contributed by atoms with E-state index in [1.165, 1.54) is 24.3 Å². The number of halogens is 2. The van der Waals surface area contributed by atoms with Crippen molar-refractivity contribution in [2.75, 3.05) is 13.1 Å². The summed E-state index contributed by atoms with van der Waals surface area (Å²) in [5, 5.41) is 2.87. The van der Waals surface area contributed by atoms with E-state index < -0.39 is 0 Å². The third-order valence-corrected chi connectivity index (χ3v) is 5.69. The van der Waals surface area contributed by atoms with Crippen LogP contribution in [0.4, 0.5) is 8.78 Å². The van der Waals surface area contributed by atoms with Crippen molar-refractivity contribution in [3.05, 3.63) is 89.8 Å². The number of rotatable bonds is 9. The normalized spacial score (nSPS) is 12.1. The monoisotopic (exact) mass is 463 g/mol. The zero-order valence-electron chi connectivity index (χ0n) is 18.7. The van der Waals surface area contributed by atoms with Crippen LogP contribution in [0, 0.1) is 11.6 Å². The second-order valence-electron chi connectivity index (χ2n) is 8.26. The molecule has 5 N–H and O–H groups in total. The molecule has 1 aromatic heterocycles. The van der Waals surface area contributed by atoms with Crippen LogP contribution in [0.15, 0.2) is 66.7 Å². The molecule has 0 saturated heterocycles. The van der Waals surface area contributed by atoms with E-state index in [-0.39, 0.29) is 29.4 Å². The number of nitrogens with zero attached hydrogens (tertiary/aromatic N) is 2. The third-order valence-electron chi connectivity index (χ3n) is 5.69. The molecule has 4 aromatic rings. The fraction of sp³-hybridized carbons (Fsp3) is 0.231. The number of nitrogens with one attached hydrogen (secondary N) is 1. The van der Waals surface area contributed by atoms with E-state index in [4.69, 9.17) is 11.5 Å². The van der Waals surface area contributed by atoms with Crippen LogP contribution in [0.3, 0.4) is 0 Å². The summed E-state index contributed by atoms with van der Waals surface area (Å²) in [5.74, 6) is -0.747. The quantitative estimate of drug-likeness (QED) is 0.351. The van der Waals surface area contributed by atoms with Gasteiger partial charge in [-0.25, -0.2) is 13.8 Å². The van der Waals surface area contributed by atoms with Crippen molar-refractivity contribution in [3.63, 3.8) is 0 Å². The van der Waals surface area contributed by atoms with Gasteiger partial charge in [0.05, 0.1) is 11.0 Å². The Morgan fingerprint density at radius 3 is 2.29 bits per heavy atom. The van der Waals surface area contributed by atoms with Gasteiger partial charge in [0.15, 0.2) is 5.82 Å². The lowest BCUT2D eigenvalue weighted by Crippen LogP contribution is -2.38. The maximum absolute atomic E-state index is 13.4. The first-order valence-electron chi connectivity index (χ1n) is 11.2. The van der Waals surface area contributed by atoms with Crippen molar-refractivity contribution in [2.45, 2.75) is 25.4 Å². The summed E-state index contributed by atoms with van der Waals surface area (Å²) in [6.45, 7) is 1.18. The van der Waals surface area contributed by atoms with E-state index in [0.717, 1.165) is 28.6 Å². The van der Waals surface area contributed by atoms with Gasteiger partial charge in [-0.3, -0.25) is 4.79 Å². The van der Waals surface area contributed by atoms with Crippen molar-refractivity contribution in [1.29, 1.82) is 0 Å². The molecule has 1 unspecified atom stereocenters. The van der Waals surface area contributed by atoms with Crippen LogP contribution in [0.5, 0.6) is 0 Å². The van der Waals surface area contributed by atoms with Gasteiger partial charge >= 0.3 is 0 Å². The van der Waals surface area contributed by atoms with Gasteiger partial charge in [0, 0.05) is 19.1 Å². The smallest absolute Gasteiger partial charge is 0.287 e. The Morgan fingerprint density at radius 1 is 0.971 bits per heavy atom. The standard InChI is InChI=1S/C26H27F2N5O/c27-20-8-3-17(4-9-20)16-33-24-14-19(18-5-10-21(28)11-6-18)7-12-23(24)32-25(33)26(34)31-15-22(30)2-1-13-29/h3-12,14,22H,1-2,13,15-16,29-30H2,(H,31,34). The lowest BCUT2D eigenvalue weighted by Gasteiger charge is -2.13. The largest absolute Gasteiger partial charge is 0.348 e. The lowest BCUT2D eigenvalue weighted by molar-refractivity contribution is 0.0937. The van der Waals surface area contributed by atoms with E-state index in [2.05, 4.69) is 10.3 Å². The number of nitrogens with two attached hydrogens (primary N) is 2. The number of imidazole rings is 1. The summed E-state index contributed by atoms with van der Waals surface area (Å²) >= 11 is 0. The summed E-state index contributed by atoms with van der Waals surface area (Å²) in [6.07, 6.45) is 1.50. The Hall–Kier alpha value is -3.62. The Labute approximate surface area is 196 Å². The number of carbonyl (C=O) groups excluding carboxylic acids is 1. The molecule has 8 heteroatoms. The van der Waals surface area contributed by atoms with E-state index in [0.29, 0.717) is 31.6 Å². The van der Waals surface area contributed by atoms with Crippen molar-refractivity contribution >= 4 is 16.9 Å². The minimum absolute atomic E-state index is 0.201. The predicted molar refractivity (Wildman–Crippen MR) is 129 cm³/mol. The molecule has 0 radical (unpaired) electrons. The predicted octanol–water partition coefficient (Wildman–Crippen LogP) is 3.83. The minimum Gasteiger partial charge on any atom is -0.348 e. The average molecular weight is 464 g/mol. The van der Waals surface area contributed by atoms with Crippen LogP contribution in [0.1, 0.15) is 29.0 Å². The zero-order valence-corrected chi connectivity index (χ0v) is 18.7. The fourth-order valence-electron chi connectivity index (χ4n) is 3.84. The molecule has 0 aliphatic rings. The Kier molecular flexibility index (Phi) is 7.30. The van der Waals surface area contributed by atoms with Crippen LogP contribution in [0.2, 0.25) is 0 Å². The number of hydrogen-bond acceptors (Lipinski definition) is 4. The highest BCUT2D eigenvalue weighted by Gasteiger charge is 2.19. The molecule has 0 aliphatic heterocycles. The molecular formula is C26H27F2N5O. The second-order valence-corrected chi connectivity index (χ2v) is 8.26. The second kappa shape index (κ2) is 10.5. The molecule has 34 heavy (non-hydrogen) atoms. The maximum Gasteiger partial charge on any atom is 0.287 e. The van der Waals surface area contributed by atoms with Gasteiger partial charge in [-0.15, -0.1) is 0 Å². The summed E-state index contributed by atoms with van der Waals surface area (Å²) in [7, 11) is 0. The molecule has 0 saturated carbocycles. The molecule has 4 rings (SSSR count). The molecule has 0 spiro atoms. The number of benzene rings is 3. The summed E-state index contributed by atoms with van der Waals surface area (Å²) in [6, 6.07) is 17.8. The third kappa shape index (κ3) is 5.47.